The molecule has 9 heteroatoms. The average Bonchev–Trinajstić information content (AvgIpc) is 1.82. The molecule has 0 amide bonds. The van der Waals surface area contributed by atoms with Gasteiger partial charge in [-0.2, -0.15) is 0 Å². The lowest BCUT2D eigenvalue weighted by Gasteiger charge is -2.19. The molecule has 0 aromatic heterocycles. The standard InChI is InChI=1S/C3H4Cl2N3O3P/c4-2-1-3(12(9,10)11)7-8(5)6-2/h1,7H,(H2,9,10,11). The highest BCUT2D eigenvalue weighted by Crippen LogP contribution is 2.44. The van der Waals surface area contributed by atoms with E-state index in [0.29, 0.717) is 4.64 Å². The minimum absolute atomic E-state index is 0.109. The molecular formula is C3H4Cl2N3O3P. The molecule has 0 atom stereocenters. The van der Waals surface area contributed by atoms with E-state index in [-0.39, 0.29) is 5.17 Å². The first-order chi connectivity index (χ1) is 5.39. The van der Waals surface area contributed by atoms with Gasteiger partial charge in [0.2, 0.25) is 0 Å². The topological polar surface area (TPSA) is 85.2 Å². The summed E-state index contributed by atoms with van der Waals surface area (Å²) in [5.41, 5.74) is 1.72. The predicted octanol–water partition coefficient (Wildman–Crippen LogP) is 0.532. The van der Waals surface area contributed by atoms with Crippen LogP contribution < -0.4 is 5.43 Å². The predicted molar refractivity (Wildman–Crippen MR) is 44.2 cm³/mol. The van der Waals surface area contributed by atoms with Crippen LogP contribution in [0.4, 0.5) is 0 Å². The second-order valence-electron chi connectivity index (χ2n) is 1.87. The fourth-order valence-corrected chi connectivity index (χ4v) is 1.57. The summed E-state index contributed by atoms with van der Waals surface area (Å²) < 4.78 is 11.2. The fraction of sp³-hybridized carbons (Fsp3) is 0. The van der Waals surface area contributed by atoms with E-state index in [2.05, 4.69) is 10.5 Å². The first-order valence-corrected chi connectivity index (χ1v) is 4.97. The third kappa shape index (κ3) is 2.36. The Bertz CT molecular complexity index is 297. The van der Waals surface area contributed by atoms with Crippen LogP contribution in [0, 0.1) is 0 Å². The summed E-state index contributed by atoms with van der Waals surface area (Å²) in [6.45, 7) is 0. The van der Waals surface area contributed by atoms with Crippen molar-refractivity contribution < 1.29 is 14.4 Å². The van der Waals surface area contributed by atoms with Gasteiger partial charge in [-0.05, 0) is 0 Å². The van der Waals surface area contributed by atoms with Gasteiger partial charge in [-0.1, -0.05) is 11.6 Å². The van der Waals surface area contributed by atoms with Crippen molar-refractivity contribution in [1.29, 1.82) is 0 Å². The normalized spacial score (nSPS) is 18.2. The molecular weight excluding hydrogens is 228 g/mol. The van der Waals surface area contributed by atoms with E-state index in [4.69, 9.17) is 33.2 Å². The number of nitrogens with one attached hydrogen (secondary N) is 1. The highest BCUT2D eigenvalue weighted by atomic mass is 35.5. The summed E-state index contributed by atoms with van der Waals surface area (Å²) in [4.78, 5) is 17.3. The van der Waals surface area contributed by atoms with E-state index >= 15 is 0 Å². The van der Waals surface area contributed by atoms with E-state index in [1.165, 1.54) is 0 Å². The maximum absolute atomic E-state index is 10.6. The highest BCUT2D eigenvalue weighted by Gasteiger charge is 2.25. The molecule has 0 spiro atoms. The zero-order valence-electron chi connectivity index (χ0n) is 5.48. The molecule has 0 aromatic carbocycles. The lowest BCUT2D eigenvalue weighted by atomic mass is 10.6. The monoisotopic (exact) mass is 231 g/mol. The van der Waals surface area contributed by atoms with Crippen LogP contribution in [-0.4, -0.2) is 19.6 Å². The van der Waals surface area contributed by atoms with Gasteiger partial charge in [0.1, 0.15) is 5.44 Å². The van der Waals surface area contributed by atoms with Crippen molar-refractivity contribution >= 4 is 36.1 Å². The van der Waals surface area contributed by atoms with Gasteiger partial charge in [-0.25, -0.2) is 0 Å². The summed E-state index contributed by atoms with van der Waals surface area (Å²) in [7, 11) is -4.36. The van der Waals surface area contributed by atoms with Crippen molar-refractivity contribution in [2.24, 2.45) is 5.10 Å². The molecule has 0 unspecified atom stereocenters. The van der Waals surface area contributed by atoms with Crippen molar-refractivity contribution in [3.63, 3.8) is 0 Å². The van der Waals surface area contributed by atoms with Gasteiger partial charge in [0, 0.05) is 6.08 Å². The molecule has 1 aliphatic heterocycles. The molecule has 0 saturated carbocycles. The highest BCUT2D eigenvalue weighted by molar-refractivity contribution is 7.56. The Morgan fingerprint density at radius 1 is 1.67 bits per heavy atom. The maximum Gasteiger partial charge on any atom is 0.373 e. The molecule has 0 bridgehead atoms. The first-order valence-electron chi connectivity index (χ1n) is 2.64. The molecule has 0 aromatic rings. The molecule has 68 valence electrons. The van der Waals surface area contributed by atoms with Crippen LogP contribution in [0.25, 0.3) is 0 Å². The van der Waals surface area contributed by atoms with Crippen molar-refractivity contribution in [1.82, 2.24) is 10.1 Å². The number of rotatable bonds is 1. The SMILES string of the molecule is O=P(O)(O)C1=CC(Cl)=NN(Cl)N1. The van der Waals surface area contributed by atoms with Crippen molar-refractivity contribution in [3.05, 3.63) is 11.5 Å². The number of hydrogen-bond acceptors (Lipinski definition) is 4. The van der Waals surface area contributed by atoms with Crippen LogP contribution in [0.3, 0.4) is 0 Å². The molecule has 12 heavy (non-hydrogen) atoms. The van der Waals surface area contributed by atoms with E-state index in [1.54, 1.807) is 0 Å². The van der Waals surface area contributed by atoms with Gasteiger partial charge in [0.25, 0.3) is 0 Å². The van der Waals surface area contributed by atoms with E-state index in [1.807, 2.05) is 0 Å². The summed E-state index contributed by atoms with van der Waals surface area (Å²) >= 11 is 10.7. The van der Waals surface area contributed by atoms with Crippen molar-refractivity contribution in [3.8, 4) is 0 Å². The number of hydrazine groups is 1. The van der Waals surface area contributed by atoms with E-state index < -0.39 is 13.0 Å². The first kappa shape index (κ1) is 9.83. The number of hydrogen-bond donors (Lipinski definition) is 3. The maximum atomic E-state index is 10.6. The summed E-state index contributed by atoms with van der Waals surface area (Å²) in [6.07, 6.45) is 1.00. The summed E-state index contributed by atoms with van der Waals surface area (Å²) in [5.74, 6) is 0. The largest absolute Gasteiger partial charge is 0.373 e. The Labute approximate surface area is 77.7 Å². The zero-order chi connectivity index (χ0) is 9.35. The molecule has 1 rings (SSSR count). The second kappa shape index (κ2) is 3.24. The Hall–Kier alpha value is -0.260. The molecule has 6 nitrogen and oxygen atoms in total. The molecule has 1 heterocycles. The second-order valence-corrected chi connectivity index (χ2v) is 4.15. The van der Waals surface area contributed by atoms with Crippen LogP contribution in [0.1, 0.15) is 0 Å². The van der Waals surface area contributed by atoms with E-state index in [9.17, 15) is 4.57 Å². The average molecular weight is 232 g/mol. The lowest BCUT2D eigenvalue weighted by Crippen LogP contribution is -2.28. The Kier molecular flexibility index (Phi) is 2.65. The molecule has 3 N–H and O–H groups in total. The Balaban J connectivity index is 2.95. The third-order valence-corrected chi connectivity index (χ3v) is 2.16. The van der Waals surface area contributed by atoms with Gasteiger partial charge in [0.05, 0.1) is 11.8 Å². The molecule has 0 radical (unpaired) electrons. The number of nitrogens with zero attached hydrogens (tertiary/aromatic N) is 2. The van der Waals surface area contributed by atoms with Crippen molar-refractivity contribution in [2.45, 2.75) is 0 Å². The number of halogens is 2. The van der Waals surface area contributed by atoms with Crippen LogP contribution in [0.2, 0.25) is 0 Å². The lowest BCUT2D eigenvalue weighted by molar-refractivity contribution is 0.351. The van der Waals surface area contributed by atoms with Crippen LogP contribution in [0.15, 0.2) is 16.6 Å². The quantitative estimate of drug-likeness (QED) is 0.453. The van der Waals surface area contributed by atoms with E-state index in [0.717, 1.165) is 6.08 Å². The smallest absolute Gasteiger partial charge is 0.320 e. The summed E-state index contributed by atoms with van der Waals surface area (Å²) in [5, 5.41) is 3.29. The third-order valence-electron chi connectivity index (χ3n) is 0.960. The van der Waals surface area contributed by atoms with Gasteiger partial charge >= 0.3 is 7.60 Å². The molecule has 0 aliphatic carbocycles. The molecule has 0 fully saturated rings. The van der Waals surface area contributed by atoms with Gasteiger partial charge in [0.15, 0.2) is 5.17 Å². The minimum atomic E-state index is -4.36. The van der Waals surface area contributed by atoms with Crippen LogP contribution >= 0.6 is 31.0 Å². The van der Waals surface area contributed by atoms with Crippen LogP contribution in [-0.2, 0) is 4.57 Å². The van der Waals surface area contributed by atoms with Crippen LogP contribution in [0.5, 0.6) is 0 Å². The molecule has 0 saturated heterocycles. The van der Waals surface area contributed by atoms with Gasteiger partial charge < -0.3 is 9.79 Å². The Morgan fingerprint density at radius 2 is 2.25 bits per heavy atom. The fourth-order valence-electron chi connectivity index (χ4n) is 0.527. The summed E-state index contributed by atoms with van der Waals surface area (Å²) in [6, 6.07) is 0. The minimum Gasteiger partial charge on any atom is -0.320 e. The number of hydrazone groups is 1. The van der Waals surface area contributed by atoms with Gasteiger partial charge in [-0.15, -0.1) is 9.74 Å². The number of allylic oxidation sites excluding steroid dienone is 1. The Morgan fingerprint density at radius 3 is 2.67 bits per heavy atom. The van der Waals surface area contributed by atoms with Crippen molar-refractivity contribution in [2.75, 3.05) is 0 Å². The van der Waals surface area contributed by atoms with Gasteiger partial charge in [-0.3, -0.25) is 9.99 Å². The zero-order valence-corrected chi connectivity index (χ0v) is 7.88. The molecule has 1 aliphatic rings.